The largest absolute Gasteiger partial charge is 0.493 e. The van der Waals surface area contributed by atoms with Gasteiger partial charge in [-0.05, 0) is 49.8 Å². The lowest BCUT2D eigenvalue weighted by Crippen LogP contribution is -2.15. The number of hydrogen-bond acceptors (Lipinski definition) is 2. The number of rotatable bonds is 4. The second-order valence-electron chi connectivity index (χ2n) is 5.63. The molecule has 1 aliphatic carbocycles. The molecule has 1 atom stereocenters. The predicted molar refractivity (Wildman–Crippen MR) is 75.9 cm³/mol. The number of aryl methyl sites for hydroxylation is 1. The van der Waals surface area contributed by atoms with Crippen LogP contribution in [-0.4, -0.2) is 6.61 Å². The maximum absolute atomic E-state index is 5.97. The van der Waals surface area contributed by atoms with Gasteiger partial charge in [-0.3, -0.25) is 0 Å². The summed E-state index contributed by atoms with van der Waals surface area (Å²) in [5, 5.41) is 0. The molecule has 0 radical (unpaired) electrons. The minimum Gasteiger partial charge on any atom is -0.493 e. The predicted octanol–water partition coefficient (Wildman–Crippen LogP) is 3.97. The molecular formula is C16H25NO. The fourth-order valence-electron chi connectivity index (χ4n) is 2.68. The summed E-state index contributed by atoms with van der Waals surface area (Å²) in [7, 11) is 0. The van der Waals surface area contributed by atoms with E-state index in [1.807, 2.05) is 6.92 Å². The van der Waals surface area contributed by atoms with Gasteiger partial charge in [0.15, 0.2) is 0 Å². The Balaban J connectivity index is 1.92. The van der Waals surface area contributed by atoms with E-state index in [0.29, 0.717) is 0 Å². The van der Waals surface area contributed by atoms with E-state index in [1.54, 1.807) is 0 Å². The van der Waals surface area contributed by atoms with Gasteiger partial charge in [0.1, 0.15) is 5.75 Å². The van der Waals surface area contributed by atoms with Crippen molar-refractivity contribution in [2.24, 2.45) is 11.7 Å². The molecule has 2 heteroatoms. The third kappa shape index (κ3) is 3.49. The molecule has 0 amide bonds. The number of nitrogens with two attached hydrogens (primary N) is 1. The summed E-state index contributed by atoms with van der Waals surface area (Å²) < 4.78 is 5.97. The molecule has 0 unspecified atom stereocenters. The molecule has 1 aliphatic rings. The topological polar surface area (TPSA) is 35.2 Å². The molecule has 2 nitrogen and oxygen atoms in total. The van der Waals surface area contributed by atoms with E-state index in [0.717, 1.165) is 18.3 Å². The van der Waals surface area contributed by atoms with Crippen LogP contribution < -0.4 is 10.5 Å². The molecule has 0 heterocycles. The quantitative estimate of drug-likeness (QED) is 0.873. The number of benzene rings is 1. The van der Waals surface area contributed by atoms with Crippen LogP contribution in [0.1, 0.15) is 56.2 Å². The van der Waals surface area contributed by atoms with Crippen molar-refractivity contribution in [1.82, 2.24) is 0 Å². The maximum atomic E-state index is 5.97. The highest BCUT2D eigenvalue weighted by atomic mass is 16.5. The molecule has 1 aromatic carbocycles. The Labute approximate surface area is 111 Å². The highest BCUT2D eigenvalue weighted by molar-refractivity contribution is 5.37. The Kier molecular flexibility index (Phi) is 4.65. The lowest BCUT2D eigenvalue weighted by molar-refractivity contribution is 0.208. The van der Waals surface area contributed by atoms with Crippen molar-refractivity contribution in [3.05, 3.63) is 29.3 Å². The molecule has 0 bridgehead atoms. The number of ether oxygens (including phenoxy) is 1. The molecule has 0 saturated heterocycles. The zero-order valence-corrected chi connectivity index (χ0v) is 11.6. The van der Waals surface area contributed by atoms with Gasteiger partial charge in [-0.1, -0.05) is 31.4 Å². The fraction of sp³-hybridized carbons (Fsp3) is 0.625. The second-order valence-corrected chi connectivity index (χ2v) is 5.63. The van der Waals surface area contributed by atoms with Crippen LogP contribution in [0.4, 0.5) is 0 Å². The van der Waals surface area contributed by atoms with Crippen LogP contribution in [0.2, 0.25) is 0 Å². The highest BCUT2D eigenvalue weighted by Gasteiger charge is 2.14. The zero-order chi connectivity index (χ0) is 13.0. The van der Waals surface area contributed by atoms with Gasteiger partial charge in [0, 0.05) is 6.04 Å². The summed E-state index contributed by atoms with van der Waals surface area (Å²) in [4.78, 5) is 0. The molecular weight excluding hydrogens is 222 g/mol. The third-order valence-corrected chi connectivity index (χ3v) is 3.92. The molecule has 2 rings (SSSR count). The van der Waals surface area contributed by atoms with Crippen molar-refractivity contribution in [3.8, 4) is 5.75 Å². The average molecular weight is 247 g/mol. The van der Waals surface area contributed by atoms with Crippen LogP contribution in [0, 0.1) is 12.8 Å². The molecule has 1 saturated carbocycles. The zero-order valence-electron chi connectivity index (χ0n) is 11.6. The van der Waals surface area contributed by atoms with Gasteiger partial charge in [-0.2, -0.15) is 0 Å². The highest BCUT2D eigenvalue weighted by Crippen LogP contribution is 2.26. The van der Waals surface area contributed by atoms with Crippen molar-refractivity contribution in [1.29, 1.82) is 0 Å². The van der Waals surface area contributed by atoms with E-state index in [2.05, 4.69) is 25.1 Å². The van der Waals surface area contributed by atoms with Crippen LogP contribution in [-0.2, 0) is 0 Å². The van der Waals surface area contributed by atoms with E-state index >= 15 is 0 Å². The molecule has 100 valence electrons. The Morgan fingerprint density at radius 3 is 2.61 bits per heavy atom. The summed E-state index contributed by atoms with van der Waals surface area (Å²) in [6.07, 6.45) is 6.81. The molecule has 1 fully saturated rings. The lowest BCUT2D eigenvalue weighted by atomic mass is 9.90. The SMILES string of the molecule is Cc1cc([C@@H](C)N)ccc1OCC1CCCCC1. The second kappa shape index (κ2) is 6.24. The minimum absolute atomic E-state index is 0.0936. The van der Waals surface area contributed by atoms with E-state index in [1.165, 1.54) is 43.2 Å². The van der Waals surface area contributed by atoms with Crippen molar-refractivity contribution in [3.63, 3.8) is 0 Å². The maximum Gasteiger partial charge on any atom is 0.122 e. The summed E-state index contributed by atoms with van der Waals surface area (Å²) in [5.41, 5.74) is 8.26. The first-order valence-electron chi connectivity index (χ1n) is 7.15. The Bertz CT molecular complexity index is 381. The first-order chi connectivity index (χ1) is 8.66. The average Bonchev–Trinajstić information content (AvgIpc) is 2.38. The summed E-state index contributed by atoms with van der Waals surface area (Å²) in [6.45, 7) is 4.98. The van der Waals surface area contributed by atoms with Gasteiger partial charge < -0.3 is 10.5 Å². The van der Waals surface area contributed by atoms with Gasteiger partial charge in [0.2, 0.25) is 0 Å². The van der Waals surface area contributed by atoms with Gasteiger partial charge in [0.05, 0.1) is 6.61 Å². The van der Waals surface area contributed by atoms with Crippen LogP contribution in [0.3, 0.4) is 0 Å². The van der Waals surface area contributed by atoms with E-state index in [4.69, 9.17) is 10.5 Å². The first kappa shape index (κ1) is 13.4. The van der Waals surface area contributed by atoms with Crippen molar-refractivity contribution < 1.29 is 4.74 Å². The standard InChI is InChI=1S/C16H25NO/c1-12-10-15(13(2)17)8-9-16(12)18-11-14-6-4-3-5-7-14/h8-10,13-14H,3-7,11,17H2,1-2H3/t13-/m1/s1. The molecule has 0 aliphatic heterocycles. The number of hydrogen-bond donors (Lipinski definition) is 1. The molecule has 18 heavy (non-hydrogen) atoms. The normalized spacial score (nSPS) is 18.6. The summed E-state index contributed by atoms with van der Waals surface area (Å²) in [5.74, 6) is 1.77. The molecule has 0 aromatic heterocycles. The molecule has 1 aromatic rings. The minimum atomic E-state index is 0.0936. The van der Waals surface area contributed by atoms with E-state index in [-0.39, 0.29) is 6.04 Å². The van der Waals surface area contributed by atoms with E-state index in [9.17, 15) is 0 Å². The lowest BCUT2D eigenvalue weighted by Gasteiger charge is -2.22. The van der Waals surface area contributed by atoms with Crippen LogP contribution >= 0.6 is 0 Å². The van der Waals surface area contributed by atoms with Gasteiger partial charge in [-0.15, -0.1) is 0 Å². The van der Waals surface area contributed by atoms with Crippen molar-refractivity contribution in [2.75, 3.05) is 6.61 Å². The Morgan fingerprint density at radius 1 is 1.28 bits per heavy atom. The summed E-state index contributed by atoms with van der Waals surface area (Å²) in [6, 6.07) is 6.38. The first-order valence-corrected chi connectivity index (χ1v) is 7.15. The molecule has 0 spiro atoms. The third-order valence-electron chi connectivity index (χ3n) is 3.92. The summed E-state index contributed by atoms with van der Waals surface area (Å²) >= 11 is 0. The smallest absolute Gasteiger partial charge is 0.122 e. The monoisotopic (exact) mass is 247 g/mol. The van der Waals surface area contributed by atoms with Crippen LogP contribution in [0.15, 0.2) is 18.2 Å². The van der Waals surface area contributed by atoms with Gasteiger partial charge in [0.25, 0.3) is 0 Å². The van der Waals surface area contributed by atoms with Crippen molar-refractivity contribution in [2.45, 2.75) is 52.0 Å². The Morgan fingerprint density at radius 2 is 2.00 bits per heavy atom. The van der Waals surface area contributed by atoms with Crippen LogP contribution in [0.5, 0.6) is 5.75 Å². The Hall–Kier alpha value is -1.02. The van der Waals surface area contributed by atoms with E-state index < -0.39 is 0 Å². The van der Waals surface area contributed by atoms with Crippen LogP contribution in [0.25, 0.3) is 0 Å². The van der Waals surface area contributed by atoms with Gasteiger partial charge >= 0.3 is 0 Å². The fourth-order valence-corrected chi connectivity index (χ4v) is 2.68. The van der Waals surface area contributed by atoms with Gasteiger partial charge in [-0.25, -0.2) is 0 Å². The molecule has 2 N–H and O–H groups in total. The van der Waals surface area contributed by atoms with Crippen molar-refractivity contribution >= 4 is 0 Å².